The molecule has 4 rings (SSSR count). The van der Waals surface area contributed by atoms with Crippen molar-refractivity contribution >= 4 is 17.5 Å². The topological polar surface area (TPSA) is 38.8 Å². The van der Waals surface area contributed by atoms with Crippen LogP contribution in [0.2, 0.25) is 5.02 Å². The summed E-state index contributed by atoms with van der Waals surface area (Å²) in [5, 5.41) is 0.323. The van der Waals surface area contributed by atoms with Gasteiger partial charge in [0.05, 0.1) is 20.3 Å². The molecule has 0 unspecified atom stereocenters. The summed E-state index contributed by atoms with van der Waals surface area (Å²) in [6.45, 7) is 0.521. The minimum atomic E-state index is -0.586. The molecule has 4 nitrogen and oxygen atoms in total. The summed E-state index contributed by atoms with van der Waals surface area (Å²) in [6.07, 6.45) is 5.77. The molecule has 1 saturated carbocycles. The van der Waals surface area contributed by atoms with Crippen LogP contribution in [0.3, 0.4) is 0 Å². The van der Waals surface area contributed by atoms with E-state index in [2.05, 4.69) is 0 Å². The SMILES string of the molecule is COc1cc2c(cc1OC)[C@H](c1c(F)cccc1Cl)N(C(=O)C1CCCCC1)CC2. The number of ether oxygens (including phenoxy) is 2. The molecule has 1 fully saturated rings. The fraction of sp³-hybridized carbons (Fsp3) is 0.458. The van der Waals surface area contributed by atoms with Crippen molar-refractivity contribution in [2.75, 3.05) is 20.8 Å². The van der Waals surface area contributed by atoms with Crippen molar-refractivity contribution in [1.29, 1.82) is 0 Å². The maximum Gasteiger partial charge on any atom is 0.226 e. The number of rotatable bonds is 4. The van der Waals surface area contributed by atoms with Crippen molar-refractivity contribution in [1.82, 2.24) is 4.90 Å². The van der Waals surface area contributed by atoms with Gasteiger partial charge in [0.2, 0.25) is 5.91 Å². The lowest BCUT2D eigenvalue weighted by Gasteiger charge is -2.40. The van der Waals surface area contributed by atoms with Crippen LogP contribution in [-0.4, -0.2) is 31.6 Å². The summed E-state index contributed by atoms with van der Waals surface area (Å²) in [5.41, 5.74) is 2.20. The van der Waals surface area contributed by atoms with Crippen LogP contribution in [0.4, 0.5) is 4.39 Å². The molecule has 1 atom stereocenters. The molecule has 1 heterocycles. The number of hydrogen-bond acceptors (Lipinski definition) is 3. The van der Waals surface area contributed by atoms with E-state index in [1.807, 2.05) is 17.0 Å². The number of amides is 1. The molecule has 0 aromatic heterocycles. The van der Waals surface area contributed by atoms with E-state index in [0.29, 0.717) is 35.1 Å². The molecular weight excluding hydrogens is 405 g/mol. The first-order valence-electron chi connectivity index (χ1n) is 10.5. The van der Waals surface area contributed by atoms with E-state index in [1.165, 1.54) is 12.5 Å². The highest BCUT2D eigenvalue weighted by atomic mass is 35.5. The van der Waals surface area contributed by atoms with Crippen LogP contribution in [0.1, 0.15) is 54.8 Å². The molecule has 1 amide bonds. The molecule has 0 radical (unpaired) electrons. The number of benzene rings is 2. The monoisotopic (exact) mass is 431 g/mol. The highest BCUT2D eigenvalue weighted by Gasteiger charge is 2.38. The van der Waals surface area contributed by atoms with E-state index in [9.17, 15) is 4.79 Å². The van der Waals surface area contributed by atoms with Gasteiger partial charge in [-0.25, -0.2) is 4.39 Å². The minimum absolute atomic E-state index is 0.00603. The molecule has 2 aliphatic rings. The number of methoxy groups -OCH3 is 2. The van der Waals surface area contributed by atoms with Crippen molar-refractivity contribution in [3.05, 3.63) is 57.9 Å². The number of nitrogens with zero attached hydrogens (tertiary/aromatic N) is 1. The highest BCUT2D eigenvalue weighted by Crippen LogP contribution is 2.44. The lowest BCUT2D eigenvalue weighted by atomic mass is 9.83. The molecule has 6 heteroatoms. The number of hydrogen-bond donors (Lipinski definition) is 0. The largest absolute Gasteiger partial charge is 0.493 e. The maximum absolute atomic E-state index is 15.1. The van der Waals surface area contributed by atoms with Crippen molar-refractivity contribution in [3.8, 4) is 11.5 Å². The lowest BCUT2D eigenvalue weighted by molar-refractivity contribution is -0.138. The van der Waals surface area contributed by atoms with Crippen molar-refractivity contribution < 1.29 is 18.7 Å². The Hall–Kier alpha value is -2.27. The maximum atomic E-state index is 15.1. The van der Waals surface area contributed by atoms with Gasteiger partial charge in [-0.05, 0) is 54.7 Å². The number of carbonyl (C=O) groups is 1. The van der Waals surface area contributed by atoms with E-state index in [1.54, 1.807) is 26.4 Å². The van der Waals surface area contributed by atoms with Crippen molar-refractivity contribution in [3.63, 3.8) is 0 Å². The van der Waals surface area contributed by atoms with Crippen LogP contribution in [0.15, 0.2) is 30.3 Å². The fourth-order valence-electron chi connectivity index (χ4n) is 4.85. The Morgan fingerprint density at radius 2 is 1.80 bits per heavy atom. The van der Waals surface area contributed by atoms with Gasteiger partial charge < -0.3 is 14.4 Å². The summed E-state index contributed by atoms with van der Waals surface area (Å²) in [7, 11) is 3.17. The summed E-state index contributed by atoms with van der Waals surface area (Å²) in [4.78, 5) is 15.4. The smallest absolute Gasteiger partial charge is 0.226 e. The van der Waals surface area contributed by atoms with Crippen molar-refractivity contribution in [2.45, 2.75) is 44.6 Å². The van der Waals surface area contributed by atoms with Gasteiger partial charge in [-0.15, -0.1) is 0 Å². The molecular formula is C24H27ClFNO3. The first-order chi connectivity index (χ1) is 14.5. The summed E-state index contributed by atoms with van der Waals surface area (Å²) < 4.78 is 26.0. The summed E-state index contributed by atoms with van der Waals surface area (Å²) in [6, 6.07) is 7.88. The Labute approximate surface area is 181 Å². The first-order valence-corrected chi connectivity index (χ1v) is 10.9. The Balaban J connectivity index is 1.85. The van der Waals surface area contributed by atoms with Gasteiger partial charge in [-0.1, -0.05) is 36.9 Å². The Morgan fingerprint density at radius 1 is 1.10 bits per heavy atom. The van der Waals surface area contributed by atoms with Crippen LogP contribution in [0.25, 0.3) is 0 Å². The van der Waals surface area contributed by atoms with Gasteiger partial charge in [0.25, 0.3) is 0 Å². The fourth-order valence-corrected chi connectivity index (χ4v) is 5.12. The normalized spacial score (nSPS) is 19.3. The van der Waals surface area contributed by atoms with E-state index in [0.717, 1.165) is 36.8 Å². The highest BCUT2D eigenvalue weighted by molar-refractivity contribution is 6.31. The standard InChI is InChI=1S/C24H27ClFNO3/c1-29-20-13-16-11-12-27(24(28)15-7-4-3-5-8-15)23(17(16)14-21(20)30-2)22-18(25)9-6-10-19(22)26/h6,9-10,13-15,23H,3-5,7-8,11-12H2,1-2H3/t23-/m1/s1. The number of carbonyl (C=O) groups excluding carboxylic acids is 1. The van der Waals surface area contributed by atoms with Crippen molar-refractivity contribution in [2.24, 2.45) is 5.92 Å². The Kier molecular flexibility index (Phi) is 6.19. The predicted octanol–water partition coefficient (Wildman–Crippen LogP) is 5.55. The van der Waals surface area contributed by atoms with Gasteiger partial charge in [0.15, 0.2) is 11.5 Å². The second kappa shape index (κ2) is 8.84. The van der Waals surface area contributed by atoms with Crippen LogP contribution in [-0.2, 0) is 11.2 Å². The zero-order chi connectivity index (χ0) is 21.3. The third-order valence-corrected chi connectivity index (χ3v) is 6.71. The van der Waals surface area contributed by atoms with Gasteiger partial charge in [-0.3, -0.25) is 4.79 Å². The van der Waals surface area contributed by atoms with E-state index in [-0.39, 0.29) is 11.8 Å². The summed E-state index contributed by atoms with van der Waals surface area (Å²) >= 11 is 6.48. The first kappa shape index (κ1) is 21.0. The zero-order valence-corrected chi connectivity index (χ0v) is 18.2. The van der Waals surface area contributed by atoms with Gasteiger partial charge in [0.1, 0.15) is 5.82 Å². The quantitative estimate of drug-likeness (QED) is 0.637. The van der Waals surface area contributed by atoms with Gasteiger partial charge >= 0.3 is 0 Å². The van der Waals surface area contributed by atoms with E-state index in [4.69, 9.17) is 21.1 Å². The predicted molar refractivity (Wildman–Crippen MR) is 115 cm³/mol. The molecule has 0 spiro atoms. The molecule has 2 aromatic carbocycles. The molecule has 160 valence electrons. The third-order valence-electron chi connectivity index (χ3n) is 6.38. The van der Waals surface area contributed by atoms with Gasteiger partial charge in [0, 0.05) is 23.0 Å². The third kappa shape index (κ3) is 3.76. The average Bonchev–Trinajstić information content (AvgIpc) is 2.78. The number of fused-ring (bicyclic) bond motifs is 1. The van der Waals surface area contributed by atoms with Crippen LogP contribution in [0, 0.1) is 11.7 Å². The molecule has 0 bridgehead atoms. The number of halogens is 2. The van der Waals surface area contributed by atoms with Crippen LogP contribution in [0.5, 0.6) is 11.5 Å². The van der Waals surface area contributed by atoms with Crippen LogP contribution >= 0.6 is 11.6 Å². The van der Waals surface area contributed by atoms with Crippen LogP contribution < -0.4 is 9.47 Å². The zero-order valence-electron chi connectivity index (χ0n) is 17.4. The second-order valence-electron chi connectivity index (χ2n) is 8.06. The molecule has 2 aromatic rings. The molecule has 1 aliphatic carbocycles. The second-order valence-corrected chi connectivity index (χ2v) is 8.47. The Bertz CT molecular complexity index is 922. The summed E-state index contributed by atoms with van der Waals surface area (Å²) in [5.74, 6) is 0.867. The van der Waals surface area contributed by atoms with E-state index < -0.39 is 11.9 Å². The average molecular weight is 432 g/mol. The molecule has 0 saturated heterocycles. The molecule has 0 N–H and O–H groups in total. The van der Waals surface area contributed by atoms with Gasteiger partial charge in [-0.2, -0.15) is 0 Å². The minimum Gasteiger partial charge on any atom is -0.493 e. The molecule has 30 heavy (non-hydrogen) atoms. The Morgan fingerprint density at radius 3 is 2.47 bits per heavy atom. The van der Waals surface area contributed by atoms with E-state index >= 15 is 4.39 Å². The lowest BCUT2D eigenvalue weighted by Crippen LogP contribution is -2.44. The molecule has 1 aliphatic heterocycles.